The molecular weight excluding hydrogens is 362 g/mol. The van der Waals surface area contributed by atoms with E-state index in [-0.39, 0.29) is 13.2 Å². The van der Waals surface area contributed by atoms with Crippen molar-refractivity contribution in [2.75, 3.05) is 13.7 Å². The third-order valence-corrected chi connectivity index (χ3v) is 5.11. The van der Waals surface area contributed by atoms with E-state index in [0.717, 1.165) is 27.4 Å². The summed E-state index contributed by atoms with van der Waals surface area (Å²) in [5.74, 6) is 1.07. The second-order valence-electron chi connectivity index (χ2n) is 6.02. The molecular formula is C21H21NO4S. The fourth-order valence-electron chi connectivity index (χ4n) is 2.45. The molecule has 0 N–H and O–H groups in total. The highest BCUT2D eigenvalue weighted by Gasteiger charge is 2.10. The Morgan fingerprint density at radius 3 is 2.63 bits per heavy atom. The van der Waals surface area contributed by atoms with Crippen LogP contribution in [0.4, 0.5) is 0 Å². The quantitative estimate of drug-likeness (QED) is 0.560. The predicted molar refractivity (Wildman–Crippen MR) is 105 cm³/mol. The lowest BCUT2D eigenvalue weighted by atomic mass is 10.1. The molecule has 5 nitrogen and oxygen atoms in total. The largest absolute Gasteiger partial charge is 0.497 e. The minimum absolute atomic E-state index is 0.125. The van der Waals surface area contributed by atoms with Crippen LogP contribution in [0.25, 0.3) is 10.6 Å². The van der Waals surface area contributed by atoms with Gasteiger partial charge in [0.05, 0.1) is 12.8 Å². The maximum atomic E-state index is 11.9. The molecule has 27 heavy (non-hydrogen) atoms. The lowest BCUT2D eigenvalue weighted by Crippen LogP contribution is -2.15. The summed E-state index contributed by atoms with van der Waals surface area (Å²) in [5, 5.41) is 2.76. The predicted octanol–water partition coefficient (Wildman–Crippen LogP) is 4.56. The SMILES string of the molecule is COc1ccc(-c2nc(COC(=O)COc3cccc(C)c3C)cs2)cc1. The molecule has 0 bridgehead atoms. The third kappa shape index (κ3) is 4.86. The van der Waals surface area contributed by atoms with Crippen molar-refractivity contribution in [3.63, 3.8) is 0 Å². The molecule has 6 heteroatoms. The van der Waals surface area contributed by atoms with E-state index < -0.39 is 5.97 Å². The standard InChI is InChI=1S/C21H21NO4S/c1-14-5-4-6-19(15(14)2)25-12-20(23)26-11-17-13-27-21(22-17)16-7-9-18(24-3)10-8-16/h4-10,13H,11-12H2,1-3H3. The lowest BCUT2D eigenvalue weighted by molar-refractivity contribution is -0.147. The molecule has 3 aromatic rings. The fraction of sp³-hybridized carbons (Fsp3) is 0.238. The van der Waals surface area contributed by atoms with E-state index in [4.69, 9.17) is 14.2 Å². The van der Waals surface area contributed by atoms with E-state index in [1.54, 1.807) is 7.11 Å². The average Bonchev–Trinajstić information content (AvgIpc) is 3.16. The molecule has 0 amide bonds. The van der Waals surface area contributed by atoms with Crippen molar-refractivity contribution >= 4 is 17.3 Å². The van der Waals surface area contributed by atoms with E-state index >= 15 is 0 Å². The monoisotopic (exact) mass is 383 g/mol. The number of aromatic nitrogens is 1. The molecule has 140 valence electrons. The Balaban J connectivity index is 1.52. The van der Waals surface area contributed by atoms with Gasteiger partial charge in [-0.25, -0.2) is 9.78 Å². The van der Waals surface area contributed by atoms with Crippen molar-refractivity contribution < 1.29 is 19.0 Å². The van der Waals surface area contributed by atoms with Crippen LogP contribution in [0.1, 0.15) is 16.8 Å². The molecule has 0 unspecified atom stereocenters. The van der Waals surface area contributed by atoms with Crippen LogP contribution >= 0.6 is 11.3 Å². The van der Waals surface area contributed by atoms with Gasteiger partial charge in [-0.1, -0.05) is 12.1 Å². The minimum atomic E-state index is -0.421. The van der Waals surface area contributed by atoms with E-state index in [2.05, 4.69) is 4.98 Å². The van der Waals surface area contributed by atoms with Crippen molar-refractivity contribution in [3.8, 4) is 22.1 Å². The van der Waals surface area contributed by atoms with E-state index in [1.807, 2.05) is 61.7 Å². The summed E-state index contributed by atoms with van der Waals surface area (Å²) >= 11 is 1.51. The number of aryl methyl sites for hydroxylation is 1. The first kappa shape index (κ1) is 18.9. The highest BCUT2D eigenvalue weighted by atomic mass is 32.1. The topological polar surface area (TPSA) is 57.7 Å². The van der Waals surface area contributed by atoms with Gasteiger partial charge < -0.3 is 14.2 Å². The Labute approximate surface area is 162 Å². The first-order valence-electron chi connectivity index (χ1n) is 8.50. The Morgan fingerprint density at radius 2 is 1.89 bits per heavy atom. The van der Waals surface area contributed by atoms with Crippen molar-refractivity contribution in [2.24, 2.45) is 0 Å². The van der Waals surface area contributed by atoms with Crippen LogP contribution in [-0.4, -0.2) is 24.7 Å². The number of hydrogen-bond acceptors (Lipinski definition) is 6. The number of thiazole rings is 1. The first-order chi connectivity index (χ1) is 13.1. The van der Waals surface area contributed by atoms with Gasteiger partial charge in [-0.2, -0.15) is 0 Å². The fourth-order valence-corrected chi connectivity index (χ4v) is 3.26. The van der Waals surface area contributed by atoms with Crippen molar-refractivity contribution in [2.45, 2.75) is 20.5 Å². The van der Waals surface area contributed by atoms with Gasteiger partial charge in [0.25, 0.3) is 0 Å². The molecule has 0 radical (unpaired) electrons. The lowest BCUT2D eigenvalue weighted by Gasteiger charge is -2.10. The van der Waals surface area contributed by atoms with Gasteiger partial charge in [0, 0.05) is 10.9 Å². The highest BCUT2D eigenvalue weighted by Crippen LogP contribution is 2.26. The maximum absolute atomic E-state index is 11.9. The second kappa shape index (κ2) is 8.68. The normalized spacial score (nSPS) is 10.5. The van der Waals surface area contributed by atoms with Crippen LogP contribution in [0.3, 0.4) is 0 Å². The molecule has 0 fully saturated rings. The zero-order chi connectivity index (χ0) is 19.2. The van der Waals surface area contributed by atoms with Gasteiger partial charge in [-0.15, -0.1) is 11.3 Å². The Kier molecular flexibility index (Phi) is 6.08. The van der Waals surface area contributed by atoms with E-state index in [1.165, 1.54) is 11.3 Å². The van der Waals surface area contributed by atoms with Gasteiger partial charge in [0.1, 0.15) is 23.1 Å². The summed E-state index contributed by atoms with van der Waals surface area (Å²) in [7, 11) is 1.63. The zero-order valence-electron chi connectivity index (χ0n) is 15.5. The highest BCUT2D eigenvalue weighted by molar-refractivity contribution is 7.13. The third-order valence-electron chi connectivity index (χ3n) is 4.17. The first-order valence-corrected chi connectivity index (χ1v) is 9.38. The number of hydrogen-bond donors (Lipinski definition) is 0. The Bertz CT molecular complexity index is 918. The molecule has 0 spiro atoms. The summed E-state index contributed by atoms with van der Waals surface area (Å²) in [6.07, 6.45) is 0. The molecule has 0 saturated heterocycles. The van der Waals surface area contributed by atoms with E-state index in [0.29, 0.717) is 11.4 Å². The Hall–Kier alpha value is -2.86. The summed E-state index contributed by atoms with van der Waals surface area (Å²) in [6, 6.07) is 13.4. The van der Waals surface area contributed by atoms with Crippen LogP contribution < -0.4 is 9.47 Å². The smallest absolute Gasteiger partial charge is 0.344 e. The van der Waals surface area contributed by atoms with Gasteiger partial charge >= 0.3 is 5.97 Å². The number of methoxy groups -OCH3 is 1. The molecule has 0 atom stereocenters. The van der Waals surface area contributed by atoms with Crippen LogP contribution in [0.2, 0.25) is 0 Å². The number of carbonyl (C=O) groups is 1. The molecule has 1 heterocycles. The number of benzene rings is 2. The summed E-state index contributed by atoms with van der Waals surface area (Å²) in [4.78, 5) is 16.5. The molecule has 0 saturated carbocycles. The van der Waals surface area contributed by atoms with Gasteiger partial charge in [0.2, 0.25) is 0 Å². The molecule has 0 aliphatic carbocycles. The summed E-state index contributed by atoms with van der Waals surface area (Å²) < 4.78 is 16.0. The summed E-state index contributed by atoms with van der Waals surface area (Å²) in [5.41, 5.74) is 3.85. The van der Waals surface area contributed by atoms with E-state index in [9.17, 15) is 4.79 Å². The van der Waals surface area contributed by atoms with Gasteiger partial charge in [-0.05, 0) is 55.3 Å². The maximum Gasteiger partial charge on any atom is 0.344 e. The van der Waals surface area contributed by atoms with Crippen molar-refractivity contribution in [1.29, 1.82) is 0 Å². The number of ether oxygens (including phenoxy) is 3. The van der Waals surface area contributed by atoms with Crippen molar-refractivity contribution in [3.05, 3.63) is 64.7 Å². The molecule has 1 aromatic heterocycles. The zero-order valence-corrected chi connectivity index (χ0v) is 16.3. The number of carbonyl (C=O) groups excluding carboxylic acids is 1. The number of rotatable bonds is 7. The molecule has 0 aliphatic heterocycles. The van der Waals surface area contributed by atoms with Crippen molar-refractivity contribution in [1.82, 2.24) is 4.98 Å². The molecule has 0 aliphatic rings. The van der Waals surface area contributed by atoms with Gasteiger partial charge in [0.15, 0.2) is 6.61 Å². The van der Waals surface area contributed by atoms with Gasteiger partial charge in [-0.3, -0.25) is 0 Å². The van der Waals surface area contributed by atoms with Crippen LogP contribution in [-0.2, 0) is 16.1 Å². The second-order valence-corrected chi connectivity index (χ2v) is 6.88. The number of nitrogens with zero attached hydrogens (tertiary/aromatic N) is 1. The molecule has 2 aromatic carbocycles. The molecule has 3 rings (SSSR count). The Morgan fingerprint density at radius 1 is 1.11 bits per heavy atom. The van der Waals surface area contributed by atoms with Crippen LogP contribution in [0.5, 0.6) is 11.5 Å². The van der Waals surface area contributed by atoms with Crippen LogP contribution in [0.15, 0.2) is 47.8 Å². The number of esters is 1. The summed E-state index contributed by atoms with van der Waals surface area (Å²) in [6.45, 7) is 3.97. The minimum Gasteiger partial charge on any atom is -0.497 e. The average molecular weight is 383 g/mol. The van der Waals surface area contributed by atoms with Crippen LogP contribution in [0, 0.1) is 13.8 Å².